The second-order valence-corrected chi connectivity index (χ2v) is 11.0. The molecule has 0 radical (unpaired) electrons. The van der Waals surface area contributed by atoms with E-state index in [1.54, 1.807) is 18.2 Å². The second kappa shape index (κ2) is 16.5. The molecule has 3 nitrogen and oxygen atoms in total. The fourth-order valence-corrected chi connectivity index (χ4v) is 5.54. The van der Waals surface area contributed by atoms with E-state index in [4.69, 9.17) is 32.7 Å². The van der Waals surface area contributed by atoms with Crippen molar-refractivity contribution in [3.05, 3.63) is 52.0 Å². The molecule has 0 spiro atoms. The van der Waals surface area contributed by atoms with Crippen LogP contribution in [0.3, 0.4) is 0 Å². The molecule has 2 rings (SSSR count). The Balaban J connectivity index is 2.30. The summed E-state index contributed by atoms with van der Waals surface area (Å²) in [6, 6.07) is 10.9. The van der Waals surface area contributed by atoms with E-state index in [1.807, 2.05) is 18.2 Å². The SMILES string of the molecule is CCCCC(CC)COc1ccc(P=C([O-])c2c(Cl)cccc2Cl)c(OCC(CC)CCCC)c1. The summed E-state index contributed by atoms with van der Waals surface area (Å²) in [5.74, 6) is 2.49. The highest BCUT2D eigenvalue weighted by atomic mass is 35.5. The molecule has 0 aliphatic rings. The van der Waals surface area contributed by atoms with Gasteiger partial charge in [-0.3, -0.25) is 0 Å². The number of benzene rings is 2. The van der Waals surface area contributed by atoms with Gasteiger partial charge in [0.05, 0.1) is 13.2 Å². The number of hydrogen-bond donors (Lipinski definition) is 0. The second-order valence-electron chi connectivity index (χ2n) is 9.10. The van der Waals surface area contributed by atoms with E-state index in [2.05, 4.69) is 27.7 Å². The fraction of sp³-hybridized carbons (Fsp3) is 0.552. The Kier molecular flexibility index (Phi) is 14.1. The van der Waals surface area contributed by atoms with Crippen LogP contribution in [0.15, 0.2) is 36.4 Å². The lowest BCUT2D eigenvalue weighted by molar-refractivity contribution is -0.206. The summed E-state index contributed by atoms with van der Waals surface area (Å²) < 4.78 is 12.5. The van der Waals surface area contributed by atoms with Crippen LogP contribution < -0.4 is 19.9 Å². The predicted molar refractivity (Wildman–Crippen MR) is 151 cm³/mol. The van der Waals surface area contributed by atoms with Gasteiger partial charge in [0, 0.05) is 27.0 Å². The number of ether oxygens (including phenoxy) is 2. The van der Waals surface area contributed by atoms with Crippen LogP contribution in [-0.4, -0.2) is 18.7 Å². The van der Waals surface area contributed by atoms with Crippen molar-refractivity contribution in [1.82, 2.24) is 0 Å². The summed E-state index contributed by atoms with van der Waals surface area (Å²) in [6.07, 6.45) is 9.26. The van der Waals surface area contributed by atoms with Gasteiger partial charge in [-0.05, 0) is 48.9 Å². The summed E-state index contributed by atoms with van der Waals surface area (Å²) in [6.45, 7) is 10.2. The first-order chi connectivity index (χ1) is 16.9. The topological polar surface area (TPSA) is 41.5 Å². The summed E-state index contributed by atoms with van der Waals surface area (Å²) in [7, 11) is 0.473. The monoisotopic (exact) mass is 537 g/mol. The van der Waals surface area contributed by atoms with Crippen molar-refractivity contribution in [3.63, 3.8) is 0 Å². The van der Waals surface area contributed by atoms with Gasteiger partial charge in [0.2, 0.25) is 0 Å². The number of hydrogen-bond acceptors (Lipinski definition) is 3. The van der Waals surface area contributed by atoms with Gasteiger partial charge in [0.15, 0.2) is 0 Å². The summed E-state index contributed by atoms with van der Waals surface area (Å²) in [4.78, 5) is 0. The summed E-state index contributed by atoms with van der Waals surface area (Å²) in [5.41, 5.74) is 0.197. The highest BCUT2D eigenvalue weighted by Crippen LogP contribution is 2.29. The van der Waals surface area contributed by atoms with Gasteiger partial charge in [-0.2, -0.15) is 0 Å². The van der Waals surface area contributed by atoms with Crippen LogP contribution in [0.1, 0.15) is 84.6 Å². The van der Waals surface area contributed by atoms with Gasteiger partial charge in [-0.25, -0.2) is 0 Å². The van der Waals surface area contributed by atoms with Crippen molar-refractivity contribution in [3.8, 4) is 11.5 Å². The molecule has 6 heteroatoms. The zero-order valence-electron chi connectivity index (χ0n) is 21.6. The first kappa shape index (κ1) is 30.0. The molecule has 35 heavy (non-hydrogen) atoms. The van der Waals surface area contributed by atoms with Crippen LogP contribution >= 0.6 is 31.4 Å². The van der Waals surface area contributed by atoms with Gasteiger partial charge in [-0.15, -0.1) is 5.48 Å². The molecular weight excluding hydrogens is 498 g/mol. The minimum atomic E-state index is -0.150. The maximum atomic E-state index is 13.1. The molecule has 0 saturated heterocycles. The highest BCUT2D eigenvalue weighted by Gasteiger charge is 2.13. The summed E-state index contributed by atoms with van der Waals surface area (Å²) in [5, 5.41) is 14.6. The molecule has 2 atom stereocenters. The van der Waals surface area contributed by atoms with Crippen molar-refractivity contribution in [2.24, 2.45) is 11.8 Å². The van der Waals surface area contributed by atoms with Gasteiger partial charge in [0.25, 0.3) is 0 Å². The molecule has 0 heterocycles. The maximum absolute atomic E-state index is 13.1. The maximum Gasteiger partial charge on any atom is 0.134 e. The third-order valence-corrected chi connectivity index (χ3v) is 8.04. The molecule has 2 aromatic carbocycles. The first-order valence-corrected chi connectivity index (χ1v) is 14.7. The molecule has 0 amide bonds. The molecule has 0 bridgehead atoms. The Morgan fingerprint density at radius 3 is 1.97 bits per heavy atom. The molecule has 0 N–H and O–H groups in total. The largest absolute Gasteiger partial charge is 0.823 e. The molecule has 0 aliphatic heterocycles. The zero-order valence-corrected chi connectivity index (χ0v) is 24.0. The van der Waals surface area contributed by atoms with Gasteiger partial charge in [-0.1, -0.05) is 104 Å². The minimum Gasteiger partial charge on any atom is -0.823 e. The number of halogens is 2. The molecule has 2 unspecified atom stereocenters. The normalized spacial score (nSPS) is 13.5. The fourth-order valence-electron chi connectivity index (χ4n) is 3.88. The van der Waals surface area contributed by atoms with Gasteiger partial charge >= 0.3 is 0 Å². The van der Waals surface area contributed by atoms with Crippen LogP contribution in [0, 0.1) is 11.8 Å². The minimum absolute atomic E-state index is 0.150. The Hall–Kier alpha value is -1.25. The van der Waals surface area contributed by atoms with E-state index in [9.17, 15) is 5.11 Å². The van der Waals surface area contributed by atoms with Crippen LogP contribution in [-0.2, 0) is 0 Å². The van der Waals surface area contributed by atoms with Crippen molar-refractivity contribution < 1.29 is 14.6 Å². The molecule has 0 fully saturated rings. The quantitative estimate of drug-likeness (QED) is 0.202. The Morgan fingerprint density at radius 1 is 0.857 bits per heavy atom. The van der Waals surface area contributed by atoms with Crippen molar-refractivity contribution in [2.45, 2.75) is 79.1 Å². The van der Waals surface area contributed by atoms with E-state index < -0.39 is 0 Å². The third kappa shape index (κ3) is 9.96. The lowest BCUT2D eigenvalue weighted by Crippen LogP contribution is -2.20. The lowest BCUT2D eigenvalue weighted by atomic mass is 10.0. The highest BCUT2D eigenvalue weighted by molar-refractivity contribution is 7.49. The van der Waals surface area contributed by atoms with E-state index in [1.165, 1.54) is 32.1 Å². The third-order valence-electron chi connectivity index (χ3n) is 6.38. The number of unbranched alkanes of at least 4 members (excludes halogenated alkanes) is 2. The smallest absolute Gasteiger partial charge is 0.134 e. The molecule has 0 aromatic heterocycles. The Morgan fingerprint density at radius 2 is 1.43 bits per heavy atom. The Bertz CT molecular complexity index is 912. The predicted octanol–water partition coefficient (Wildman–Crippen LogP) is 8.29. The van der Waals surface area contributed by atoms with Crippen LogP contribution in [0.5, 0.6) is 11.5 Å². The first-order valence-electron chi connectivity index (χ1n) is 13.0. The summed E-state index contributed by atoms with van der Waals surface area (Å²) >= 11 is 12.6. The van der Waals surface area contributed by atoms with E-state index >= 15 is 0 Å². The van der Waals surface area contributed by atoms with E-state index in [-0.39, 0.29) is 5.48 Å². The average molecular weight is 539 g/mol. The van der Waals surface area contributed by atoms with Crippen molar-refractivity contribution in [1.29, 1.82) is 0 Å². The number of rotatable bonds is 16. The van der Waals surface area contributed by atoms with Crippen molar-refractivity contribution >= 4 is 42.2 Å². The van der Waals surface area contributed by atoms with Crippen LogP contribution in [0.4, 0.5) is 0 Å². The van der Waals surface area contributed by atoms with E-state index in [0.29, 0.717) is 54.6 Å². The molecule has 0 aliphatic carbocycles. The zero-order chi connectivity index (χ0) is 25.6. The average Bonchev–Trinajstić information content (AvgIpc) is 2.85. The van der Waals surface area contributed by atoms with E-state index in [0.717, 1.165) is 30.3 Å². The lowest BCUT2D eigenvalue weighted by Gasteiger charge is -2.20. The van der Waals surface area contributed by atoms with Crippen LogP contribution in [0.25, 0.3) is 0 Å². The molecular formula is C29H40Cl2O3P-. The van der Waals surface area contributed by atoms with Gasteiger partial charge in [0.1, 0.15) is 11.5 Å². The Labute approximate surface area is 223 Å². The van der Waals surface area contributed by atoms with Crippen molar-refractivity contribution in [2.75, 3.05) is 13.2 Å². The molecule has 0 saturated carbocycles. The van der Waals surface area contributed by atoms with Gasteiger partial charge < -0.3 is 14.6 Å². The standard InChI is InChI=1S/C29H41Cl2O3P/c1-5-9-12-21(7-3)19-33-23-16-17-27(26(18-23)34-20-22(8-4)13-10-6-2)35-29(32)28-24(30)14-11-15-25(28)31/h11,14-18,21-22,32H,5-10,12-13,19-20H2,1-4H3/p-1. The molecule has 194 valence electrons. The van der Waals surface area contributed by atoms with Crippen LogP contribution in [0.2, 0.25) is 10.0 Å². The molecule has 2 aromatic rings.